The molecule has 0 heterocycles. The molecule has 5 fully saturated rings. The highest BCUT2D eigenvalue weighted by Gasteiger charge is 2.58. The van der Waals surface area contributed by atoms with Gasteiger partial charge in [-0.15, -0.1) is 0 Å². The number of carbonyl (C=O) groups is 1. The number of nitrogens with two attached hydrogens (primary N) is 1. The Labute approximate surface area is 159 Å². The molecule has 5 aliphatic rings. The van der Waals surface area contributed by atoms with Crippen molar-refractivity contribution in [3.8, 4) is 5.75 Å². The van der Waals surface area contributed by atoms with Crippen LogP contribution in [0.25, 0.3) is 0 Å². The SMILES string of the molecule is COC12CC3CC(CC(COc4cc(F)c(C(N)=O)cc4C4CC4)(C3)C1)C2. The van der Waals surface area contributed by atoms with Crippen LogP contribution in [0.15, 0.2) is 12.1 Å². The molecule has 5 aliphatic carbocycles. The molecule has 1 amide bonds. The van der Waals surface area contributed by atoms with Gasteiger partial charge < -0.3 is 15.2 Å². The van der Waals surface area contributed by atoms with Crippen molar-refractivity contribution in [2.24, 2.45) is 23.0 Å². The van der Waals surface area contributed by atoms with Crippen molar-refractivity contribution < 1.29 is 18.7 Å². The molecule has 0 radical (unpaired) electrons. The molecule has 5 heteroatoms. The van der Waals surface area contributed by atoms with E-state index in [0.717, 1.165) is 36.7 Å². The minimum Gasteiger partial charge on any atom is -0.493 e. The zero-order valence-electron chi connectivity index (χ0n) is 15.9. The molecule has 0 spiro atoms. The first kappa shape index (κ1) is 17.5. The predicted molar refractivity (Wildman–Crippen MR) is 99.2 cm³/mol. The van der Waals surface area contributed by atoms with Gasteiger partial charge in [-0.05, 0) is 80.8 Å². The lowest BCUT2D eigenvalue weighted by Crippen LogP contribution is -2.58. The second kappa shape index (κ2) is 5.94. The van der Waals surface area contributed by atoms with Crippen molar-refractivity contribution in [2.75, 3.05) is 13.7 Å². The molecule has 5 saturated carbocycles. The Hall–Kier alpha value is -1.62. The monoisotopic (exact) mass is 373 g/mol. The van der Waals surface area contributed by atoms with Crippen molar-refractivity contribution in [1.82, 2.24) is 0 Å². The van der Waals surface area contributed by atoms with E-state index >= 15 is 0 Å². The average Bonchev–Trinajstić information content (AvgIpc) is 3.43. The molecule has 4 bridgehead atoms. The molecular weight excluding hydrogens is 345 g/mol. The second-order valence-electron chi connectivity index (χ2n) is 9.65. The van der Waals surface area contributed by atoms with Crippen molar-refractivity contribution in [1.29, 1.82) is 0 Å². The van der Waals surface area contributed by atoms with Crippen LogP contribution in [0.3, 0.4) is 0 Å². The fourth-order valence-corrected chi connectivity index (χ4v) is 6.60. The number of primary amides is 1. The van der Waals surface area contributed by atoms with E-state index in [-0.39, 0.29) is 16.6 Å². The Morgan fingerprint density at radius 3 is 2.52 bits per heavy atom. The van der Waals surface area contributed by atoms with Gasteiger partial charge in [0.2, 0.25) is 0 Å². The number of hydrogen-bond acceptors (Lipinski definition) is 3. The summed E-state index contributed by atoms with van der Waals surface area (Å²) in [5.74, 6) is 1.12. The van der Waals surface area contributed by atoms with Crippen molar-refractivity contribution in [2.45, 2.75) is 62.9 Å². The molecule has 0 aromatic heterocycles. The van der Waals surface area contributed by atoms with Crippen LogP contribution in [-0.2, 0) is 4.74 Å². The van der Waals surface area contributed by atoms with Crippen LogP contribution < -0.4 is 10.5 Å². The highest BCUT2D eigenvalue weighted by atomic mass is 19.1. The summed E-state index contributed by atoms with van der Waals surface area (Å²) < 4.78 is 26.6. The summed E-state index contributed by atoms with van der Waals surface area (Å²) in [4.78, 5) is 11.5. The molecule has 2 atom stereocenters. The van der Waals surface area contributed by atoms with Crippen LogP contribution in [0.5, 0.6) is 5.75 Å². The standard InChI is InChI=1S/C22H28FNO3/c1-26-22-9-13-4-14(10-22)8-21(7-13,11-22)12-27-19-6-18(23)17(20(24)25)5-16(19)15-2-3-15/h5-6,13-15H,2-4,7-12H2,1H3,(H2,24,25). The van der Waals surface area contributed by atoms with E-state index < -0.39 is 11.7 Å². The van der Waals surface area contributed by atoms with Gasteiger partial charge in [-0.25, -0.2) is 4.39 Å². The minimum absolute atomic E-state index is 0.0217. The Morgan fingerprint density at radius 1 is 1.22 bits per heavy atom. The van der Waals surface area contributed by atoms with Crippen molar-refractivity contribution >= 4 is 5.91 Å². The zero-order valence-corrected chi connectivity index (χ0v) is 15.9. The molecule has 6 rings (SSSR count). The number of rotatable bonds is 6. The van der Waals surface area contributed by atoms with E-state index in [0.29, 0.717) is 18.3 Å². The summed E-state index contributed by atoms with van der Waals surface area (Å²) in [5.41, 5.74) is 6.40. The molecule has 27 heavy (non-hydrogen) atoms. The Kier molecular flexibility index (Phi) is 3.84. The van der Waals surface area contributed by atoms with Gasteiger partial charge in [-0.1, -0.05) is 0 Å². The topological polar surface area (TPSA) is 61.6 Å². The first-order valence-electron chi connectivity index (χ1n) is 10.2. The van der Waals surface area contributed by atoms with Gasteiger partial charge in [0, 0.05) is 18.6 Å². The molecule has 0 aliphatic heterocycles. The summed E-state index contributed by atoms with van der Waals surface area (Å²) in [6.45, 7) is 0.611. The van der Waals surface area contributed by atoms with Gasteiger partial charge in [-0.3, -0.25) is 4.79 Å². The van der Waals surface area contributed by atoms with Gasteiger partial charge in [0.25, 0.3) is 5.91 Å². The zero-order chi connectivity index (χ0) is 18.8. The third-order valence-corrected chi connectivity index (χ3v) is 7.48. The van der Waals surface area contributed by atoms with E-state index in [1.165, 1.54) is 38.2 Å². The Bertz CT molecular complexity index is 774. The maximum Gasteiger partial charge on any atom is 0.251 e. The maximum atomic E-state index is 14.4. The molecule has 146 valence electrons. The lowest BCUT2D eigenvalue weighted by molar-refractivity contribution is -0.187. The Morgan fingerprint density at radius 2 is 1.93 bits per heavy atom. The first-order chi connectivity index (χ1) is 12.9. The van der Waals surface area contributed by atoms with Crippen molar-refractivity contribution in [3.05, 3.63) is 29.1 Å². The van der Waals surface area contributed by atoms with E-state index in [1.807, 2.05) is 7.11 Å². The lowest BCUT2D eigenvalue weighted by Gasteiger charge is -2.61. The van der Waals surface area contributed by atoms with E-state index in [9.17, 15) is 9.18 Å². The third kappa shape index (κ3) is 2.95. The number of benzene rings is 1. The highest BCUT2D eigenvalue weighted by Crippen LogP contribution is 2.62. The number of amides is 1. The van der Waals surface area contributed by atoms with Crippen molar-refractivity contribution in [3.63, 3.8) is 0 Å². The second-order valence-corrected chi connectivity index (χ2v) is 9.65. The van der Waals surface area contributed by atoms with Gasteiger partial charge in [0.15, 0.2) is 0 Å². The molecule has 0 saturated heterocycles. The van der Waals surface area contributed by atoms with Crippen LogP contribution >= 0.6 is 0 Å². The van der Waals surface area contributed by atoms with Gasteiger partial charge in [0.1, 0.15) is 11.6 Å². The molecule has 2 unspecified atom stereocenters. The summed E-state index contributed by atoms with van der Waals surface area (Å²) in [5, 5.41) is 0. The molecular formula is C22H28FNO3. The number of carbonyl (C=O) groups excluding carboxylic acids is 1. The Balaban J connectivity index is 1.40. The van der Waals surface area contributed by atoms with Gasteiger partial charge >= 0.3 is 0 Å². The average molecular weight is 373 g/mol. The fourth-order valence-electron chi connectivity index (χ4n) is 6.60. The molecule has 1 aromatic carbocycles. The fraction of sp³-hybridized carbons (Fsp3) is 0.682. The van der Waals surface area contributed by atoms with Crippen LogP contribution in [0.4, 0.5) is 4.39 Å². The normalized spacial score (nSPS) is 36.8. The van der Waals surface area contributed by atoms with Crippen LogP contribution in [0.2, 0.25) is 0 Å². The van der Waals surface area contributed by atoms with Gasteiger partial charge in [-0.2, -0.15) is 0 Å². The van der Waals surface area contributed by atoms with E-state index in [1.54, 1.807) is 6.07 Å². The van der Waals surface area contributed by atoms with Crippen LogP contribution in [0.1, 0.15) is 73.2 Å². The number of hydrogen-bond donors (Lipinski definition) is 1. The maximum absolute atomic E-state index is 14.4. The van der Waals surface area contributed by atoms with Crippen LogP contribution in [-0.4, -0.2) is 25.2 Å². The largest absolute Gasteiger partial charge is 0.493 e. The number of halogens is 1. The molecule has 1 aromatic rings. The number of methoxy groups -OCH3 is 1. The lowest BCUT2D eigenvalue weighted by atomic mass is 9.48. The third-order valence-electron chi connectivity index (χ3n) is 7.48. The summed E-state index contributed by atoms with van der Waals surface area (Å²) >= 11 is 0. The summed E-state index contributed by atoms with van der Waals surface area (Å²) in [7, 11) is 1.85. The predicted octanol–water partition coefficient (Wildman–Crippen LogP) is 4.17. The smallest absolute Gasteiger partial charge is 0.251 e. The highest BCUT2D eigenvalue weighted by molar-refractivity contribution is 5.93. The van der Waals surface area contributed by atoms with E-state index in [4.69, 9.17) is 15.2 Å². The van der Waals surface area contributed by atoms with Crippen LogP contribution in [0, 0.1) is 23.1 Å². The quantitative estimate of drug-likeness (QED) is 0.814. The minimum atomic E-state index is -0.718. The summed E-state index contributed by atoms with van der Waals surface area (Å²) in [6.07, 6.45) is 9.22. The summed E-state index contributed by atoms with van der Waals surface area (Å²) in [6, 6.07) is 2.99. The van der Waals surface area contributed by atoms with E-state index in [2.05, 4.69) is 0 Å². The molecule has 4 nitrogen and oxygen atoms in total. The molecule has 2 N–H and O–H groups in total. The first-order valence-corrected chi connectivity index (χ1v) is 10.2. The number of ether oxygens (including phenoxy) is 2. The van der Waals surface area contributed by atoms with Gasteiger partial charge in [0.05, 0.1) is 17.8 Å².